The maximum Gasteiger partial charge on any atom is 0.254 e. The fourth-order valence-electron chi connectivity index (χ4n) is 2.05. The summed E-state index contributed by atoms with van der Waals surface area (Å²) in [7, 11) is 0. The van der Waals surface area contributed by atoms with E-state index in [0.29, 0.717) is 13.1 Å². The van der Waals surface area contributed by atoms with Gasteiger partial charge in [-0.3, -0.25) is 9.78 Å². The molecule has 4 nitrogen and oxygen atoms in total. The van der Waals surface area contributed by atoms with Gasteiger partial charge in [-0.2, -0.15) is 0 Å². The van der Waals surface area contributed by atoms with Crippen LogP contribution in [-0.2, 0) is 0 Å². The Kier molecular flexibility index (Phi) is 3.14. The minimum absolute atomic E-state index is 0.0650. The Morgan fingerprint density at radius 1 is 1.11 bits per heavy atom. The van der Waals surface area contributed by atoms with E-state index in [4.69, 9.17) is 4.74 Å². The summed E-state index contributed by atoms with van der Waals surface area (Å²) in [6, 6.07) is 13.0. The Hall–Kier alpha value is -2.36. The molecule has 19 heavy (non-hydrogen) atoms. The lowest BCUT2D eigenvalue weighted by Crippen LogP contribution is -2.56. The van der Waals surface area contributed by atoms with Crippen LogP contribution in [0.5, 0.6) is 5.75 Å². The topological polar surface area (TPSA) is 42.4 Å². The molecule has 2 heterocycles. The van der Waals surface area contributed by atoms with Crippen molar-refractivity contribution in [2.24, 2.45) is 0 Å². The van der Waals surface area contributed by atoms with E-state index in [-0.39, 0.29) is 12.0 Å². The number of nitrogens with zero attached hydrogens (tertiary/aromatic N) is 2. The number of aromatic nitrogens is 1. The quantitative estimate of drug-likeness (QED) is 0.841. The molecule has 4 heteroatoms. The summed E-state index contributed by atoms with van der Waals surface area (Å²) in [5.74, 6) is 0.863. The third-order valence-corrected chi connectivity index (χ3v) is 3.11. The van der Waals surface area contributed by atoms with Crippen molar-refractivity contribution in [3.63, 3.8) is 0 Å². The molecule has 3 rings (SSSR count). The van der Waals surface area contributed by atoms with E-state index in [1.165, 1.54) is 0 Å². The van der Waals surface area contributed by atoms with Crippen molar-refractivity contribution in [2.45, 2.75) is 6.10 Å². The van der Waals surface area contributed by atoms with Crippen LogP contribution in [0.25, 0.3) is 0 Å². The Morgan fingerprint density at radius 2 is 1.79 bits per heavy atom. The molecule has 1 amide bonds. The second kappa shape index (κ2) is 5.10. The predicted molar refractivity (Wildman–Crippen MR) is 71.0 cm³/mol. The summed E-state index contributed by atoms with van der Waals surface area (Å²) in [6.45, 7) is 1.27. The molecule has 0 radical (unpaired) electrons. The third kappa shape index (κ3) is 2.57. The van der Waals surface area contributed by atoms with E-state index in [9.17, 15) is 4.79 Å². The minimum atomic E-state index is 0.0650. The highest BCUT2D eigenvalue weighted by Crippen LogP contribution is 2.19. The summed E-state index contributed by atoms with van der Waals surface area (Å²) in [5.41, 5.74) is 0.727. The lowest BCUT2D eigenvalue weighted by atomic mass is 10.1. The van der Waals surface area contributed by atoms with E-state index < -0.39 is 0 Å². The van der Waals surface area contributed by atoms with Crippen molar-refractivity contribution in [2.75, 3.05) is 13.1 Å². The first-order valence-electron chi connectivity index (χ1n) is 6.24. The Bertz CT molecular complexity index is 551. The number of rotatable bonds is 3. The van der Waals surface area contributed by atoms with Crippen molar-refractivity contribution in [3.05, 3.63) is 60.4 Å². The average molecular weight is 254 g/mol. The van der Waals surface area contributed by atoms with E-state index in [1.54, 1.807) is 17.3 Å². The van der Waals surface area contributed by atoms with Gasteiger partial charge in [-0.05, 0) is 24.3 Å². The molecule has 0 bridgehead atoms. The summed E-state index contributed by atoms with van der Waals surface area (Å²) < 4.78 is 5.73. The highest BCUT2D eigenvalue weighted by molar-refractivity contribution is 5.94. The normalized spacial score (nSPS) is 14.8. The van der Waals surface area contributed by atoms with Gasteiger partial charge in [0.05, 0.1) is 13.1 Å². The lowest BCUT2D eigenvalue weighted by molar-refractivity contribution is 0.0177. The van der Waals surface area contributed by atoms with Crippen molar-refractivity contribution >= 4 is 5.91 Å². The molecule has 1 fully saturated rings. The van der Waals surface area contributed by atoms with Gasteiger partial charge in [-0.1, -0.05) is 18.2 Å². The van der Waals surface area contributed by atoms with Crippen LogP contribution < -0.4 is 4.74 Å². The zero-order valence-corrected chi connectivity index (χ0v) is 10.4. The van der Waals surface area contributed by atoms with Crippen LogP contribution in [0.4, 0.5) is 0 Å². The molecule has 0 unspecified atom stereocenters. The number of likely N-dealkylation sites (tertiary alicyclic amines) is 1. The molecule has 0 N–H and O–H groups in total. The van der Waals surface area contributed by atoms with Crippen molar-refractivity contribution < 1.29 is 9.53 Å². The Labute approximate surface area is 111 Å². The molecule has 0 atom stereocenters. The largest absolute Gasteiger partial charge is 0.487 e. The summed E-state index contributed by atoms with van der Waals surface area (Å²) in [5, 5.41) is 0. The van der Waals surface area contributed by atoms with Gasteiger partial charge in [0.1, 0.15) is 11.9 Å². The van der Waals surface area contributed by atoms with Crippen LogP contribution in [-0.4, -0.2) is 35.0 Å². The number of ether oxygens (including phenoxy) is 1. The van der Waals surface area contributed by atoms with Crippen LogP contribution in [0.15, 0.2) is 54.9 Å². The number of amides is 1. The Balaban J connectivity index is 1.54. The standard InChI is InChI=1S/C15H14N2O2/c18-15(12-4-2-1-3-5-12)17-10-14(11-17)19-13-6-8-16-9-7-13/h1-9,14H,10-11H2. The number of pyridine rings is 1. The van der Waals surface area contributed by atoms with E-state index in [0.717, 1.165) is 11.3 Å². The zero-order chi connectivity index (χ0) is 13.1. The second-order valence-corrected chi connectivity index (χ2v) is 4.50. The van der Waals surface area contributed by atoms with Gasteiger partial charge in [-0.25, -0.2) is 0 Å². The molecule has 96 valence electrons. The van der Waals surface area contributed by atoms with Crippen LogP contribution >= 0.6 is 0 Å². The molecular formula is C15H14N2O2. The van der Waals surface area contributed by atoms with Gasteiger partial charge in [-0.15, -0.1) is 0 Å². The van der Waals surface area contributed by atoms with Crippen LogP contribution in [0.2, 0.25) is 0 Å². The fourth-order valence-corrected chi connectivity index (χ4v) is 2.05. The second-order valence-electron chi connectivity index (χ2n) is 4.50. The number of hydrogen-bond donors (Lipinski definition) is 0. The molecule has 1 aromatic carbocycles. The zero-order valence-electron chi connectivity index (χ0n) is 10.4. The maximum absolute atomic E-state index is 12.1. The van der Waals surface area contributed by atoms with Crippen LogP contribution in [0, 0.1) is 0 Å². The third-order valence-electron chi connectivity index (χ3n) is 3.11. The lowest BCUT2D eigenvalue weighted by Gasteiger charge is -2.39. The number of benzene rings is 1. The summed E-state index contributed by atoms with van der Waals surface area (Å²) >= 11 is 0. The summed E-state index contributed by atoms with van der Waals surface area (Å²) in [6.07, 6.45) is 3.47. The average Bonchev–Trinajstić information content (AvgIpc) is 2.44. The van der Waals surface area contributed by atoms with E-state index >= 15 is 0 Å². The van der Waals surface area contributed by atoms with Gasteiger partial charge >= 0.3 is 0 Å². The number of hydrogen-bond acceptors (Lipinski definition) is 3. The van der Waals surface area contributed by atoms with Gasteiger partial charge in [0.2, 0.25) is 0 Å². The van der Waals surface area contributed by atoms with Gasteiger partial charge in [0.15, 0.2) is 0 Å². The fraction of sp³-hybridized carbons (Fsp3) is 0.200. The van der Waals surface area contributed by atoms with Gasteiger partial charge < -0.3 is 9.64 Å². The van der Waals surface area contributed by atoms with Crippen LogP contribution in [0.3, 0.4) is 0 Å². The van der Waals surface area contributed by atoms with Crippen LogP contribution in [0.1, 0.15) is 10.4 Å². The highest BCUT2D eigenvalue weighted by Gasteiger charge is 2.32. The first kappa shape index (κ1) is 11.7. The number of carbonyl (C=O) groups is 1. The molecule has 2 aromatic rings. The van der Waals surface area contributed by atoms with Crippen molar-refractivity contribution in [1.29, 1.82) is 0 Å². The van der Waals surface area contributed by atoms with E-state index in [2.05, 4.69) is 4.98 Å². The van der Waals surface area contributed by atoms with Crippen molar-refractivity contribution in [3.8, 4) is 5.75 Å². The first-order valence-corrected chi connectivity index (χ1v) is 6.24. The molecule has 1 aliphatic heterocycles. The molecule has 0 aliphatic carbocycles. The number of carbonyl (C=O) groups excluding carboxylic acids is 1. The SMILES string of the molecule is O=C(c1ccccc1)N1CC(Oc2ccncc2)C1. The molecule has 1 aromatic heterocycles. The smallest absolute Gasteiger partial charge is 0.254 e. The molecule has 1 saturated heterocycles. The van der Waals surface area contributed by atoms with Crippen molar-refractivity contribution in [1.82, 2.24) is 9.88 Å². The molecule has 0 spiro atoms. The van der Waals surface area contributed by atoms with Gasteiger partial charge in [0.25, 0.3) is 5.91 Å². The molecule has 0 saturated carbocycles. The van der Waals surface area contributed by atoms with E-state index in [1.807, 2.05) is 42.5 Å². The predicted octanol–water partition coefficient (Wildman–Crippen LogP) is 1.98. The highest BCUT2D eigenvalue weighted by atomic mass is 16.5. The maximum atomic E-state index is 12.1. The van der Waals surface area contributed by atoms with Gasteiger partial charge in [0, 0.05) is 18.0 Å². The molecular weight excluding hydrogens is 240 g/mol. The molecule has 1 aliphatic rings. The first-order chi connectivity index (χ1) is 9.33. The monoisotopic (exact) mass is 254 g/mol. The summed E-state index contributed by atoms with van der Waals surface area (Å²) in [4.78, 5) is 17.8. The minimum Gasteiger partial charge on any atom is -0.487 e. The Morgan fingerprint density at radius 3 is 2.47 bits per heavy atom.